The van der Waals surface area contributed by atoms with Gasteiger partial charge in [0.2, 0.25) is 10.0 Å². The highest BCUT2D eigenvalue weighted by molar-refractivity contribution is 7.89. The highest BCUT2D eigenvalue weighted by atomic mass is 32.2. The third kappa shape index (κ3) is 2.76. The van der Waals surface area contributed by atoms with Crippen LogP contribution in [0.25, 0.3) is 0 Å². The summed E-state index contributed by atoms with van der Waals surface area (Å²) in [5.41, 5.74) is 5.81. The zero-order chi connectivity index (χ0) is 10.6. The molecule has 1 heterocycles. The summed E-state index contributed by atoms with van der Waals surface area (Å²) in [6.07, 6.45) is 2.77. The molecule has 6 heteroatoms. The summed E-state index contributed by atoms with van der Waals surface area (Å²) in [5.74, 6) is 0. The molecule has 4 N–H and O–H groups in total. The van der Waals surface area contributed by atoms with Crippen LogP contribution in [0.4, 0.5) is 0 Å². The van der Waals surface area contributed by atoms with E-state index in [-0.39, 0.29) is 4.90 Å². The monoisotopic (exact) mass is 215 g/mol. The summed E-state index contributed by atoms with van der Waals surface area (Å²) in [6.45, 7) is 0.501. The second kappa shape index (κ2) is 4.50. The predicted octanol–water partition coefficient (Wildman–Crippen LogP) is -0.380. The highest BCUT2D eigenvalue weighted by Gasteiger charge is 2.13. The molecule has 1 aromatic heterocycles. The Labute approximate surface area is 83.2 Å². The molecular formula is C8H13N3O2S. The first kappa shape index (κ1) is 11.1. The van der Waals surface area contributed by atoms with Crippen molar-refractivity contribution in [3.63, 3.8) is 0 Å². The molecule has 0 amide bonds. The number of rotatable bonds is 4. The fourth-order valence-electron chi connectivity index (χ4n) is 1.14. The van der Waals surface area contributed by atoms with Crippen LogP contribution >= 0.6 is 0 Å². The maximum atomic E-state index is 11.1. The first-order valence-electron chi connectivity index (χ1n) is 4.22. The second-order valence-electron chi connectivity index (χ2n) is 2.89. The van der Waals surface area contributed by atoms with Crippen molar-refractivity contribution in [3.8, 4) is 0 Å². The van der Waals surface area contributed by atoms with Gasteiger partial charge in [0.15, 0.2) is 0 Å². The Hall–Kier alpha value is -0.980. The third-order valence-corrected chi connectivity index (χ3v) is 2.76. The summed E-state index contributed by atoms with van der Waals surface area (Å²) in [4.78, 5) is 4.06. The van der Waals surface area contributed by atoms with E-state index in [1.807, 2.05) is 0 Å². The molecule has 14 heavy (non-hydrogen) atoms. The van der Waals surface area contributed by atoms with Crippen molar-refractivity contribution < 1.29 is 8.42 Å². The van der Waals surface area contributed by atoms with E-state index >= 15 is 0 Å². The Morgan fingerprint density at radius 3 is 2.71 bits per heavy atom. The van der Waals surface area contributed by atoms with Crippen LogP contribution in [-0.4, -0.2) is 19.9 Å². The van der Waals surface area contributed by atoms with Gasteiger partial charge < -0.3 is 5.73 Å². The summed E-state index contributed by atoms with van der Waals surface area (Å²) >= 11 is 0. The van der Waals surface area contributed by atoms with Gasteiger partial charge in [0.25, 0.3) is 0 Å². The van der Waals surface area contributed by atoms with Crippen molar-refractivity contribution in [1.82, 2.24) is 4.98 Å². The van der Waals surface area contributed by atoms with Crippen LogP contribution < -0.4 is 10.9 Å². The van der Waals surface area contributed by atoms with Crippen LogP contribution in [0.2, 0.25) is 0 Å². The third-order valence-electron chi connectivity index (χ3n) is 1.77. The van der Waals surface area contributed by atoms with Crippen LogP contribution in [0.1, 0.15) is 12.1 Å². The molecule has 0 fully saturated rings. The van der Waals surface area contributed by atoms with Crippen LogP contribution in [0.15, 0.2) is 23.2 Å². The molecule has 1 aromatic rings. The average Bonchev–Trinajstić information content (AvgIpc) is 2.14. The maximum absolute atomic E-state index is 11.1. The number of hydrogen-bond acceptors (Lipinski definition) is 4. The number of aromatic nitrogens is 1. The molecule has 0 aromatic carbocycles. The van der Waals surface area contributed by atoms with Crippen LogP contribution in [-0.2, 0) is 16.4 Å². The van der Waals surface area contributed by atoms with Gasteiger partial charge in [-0.15, -0.1) is 0 Å². The molecule has 0 aliphatic rings. The van der Waals surface area contributed by atoms with Crippen molar-refractivity contribution in [3.05, 3.63) is 24.0 Å². The number of hydrogen-bond donors (Lipinski definition) is 2. The molecule has 0 radical (unpaired) electrons. The smallest absolute Gasteiger partial charge is 0.239 e. The van der Waals surface area contributed by atoms with E-state index in [9.17, 15) is 8.42 Å². The Balaban J connectivity index is 3.04. The van der Waals surface area contributed by atoms with Crippen molar-refractivity contribution in [1.29, 1.82) is 0 Å². The molecular weight excluding hydrogens is 202 g/mol. The van der Waals surface area contributed by atoms with E-state index < -0.39 is 10.0 Å². The molecule has 5 nitrogen and oxygen atoms in total. The van der Waals surface area contributed by atoms with Gasteiger partial charge in [0.1, 0.15) is 4.90 Å². The van der Waals surface area contributed by atoms with Gasteiger partial charge in [0, 0.05) is 6.20 Å². The molecule has 0 saturated carbocycles. The lowest BCUT2D eigenvalue weighted by Gasteiger charge is -2.04. The van der Waals surface area contributed by atoms with Gasteiger partial charge in [-0.2, -0.15) is 0 Å². The number of primary sulfonamides is 1. The van der Waals surface area contributed by atoms with Gasteiger partial charge in [-0.05, 0) is 31.5 Å². The topological polar surface area (TPSA) is 99.1 Å². The minimum atomic E-state index is -3.67. The lowest BCUT2D eigenvalue weighted by atomic mass is 10.2. The van der Waals surface area contributed by atoms with Gasteiger partial charge in [-0.25, -0.2) is 13.6 Å². The Kier molecular flexibility index (Phi) is 3.56. The highest BCUT2D eigenvalue weighted by Crippen LogP contribution is 2.12. The molecule has 0 bridgehead atoms. The molecule has 0 atom stereocenters. The number of nitrogens with zero attached hydrogens (tertiary/aromatic N) is 1. The molecule has 0 saturated heterocycles. The molecule has 78 valence electrons. The molecule has 0 spiro atoms. The Morgan fingerprint density at radius 1 is 1.43 bits per heavy atom. The predicted molar refractivity (Wildman–Crippen MR) is 53.0 cm³/mol. The minimum Gasteiger partial charge on any atom is -0.330 e. The standard InChI is InChI=1S/C8H13N3O2S/c9-5-1-3-7-8(14(10,12)13)4-2-6-11-7/h2,4,6H,1,3,5,9H2,(H2,10,12,13). The summed E-state index contributed by atoms with van der Waals surface area (Å²) in [6, 6.07) is 3.00. The summed E-state index contributed by atoms with van der Waals surface area (Å²) in [7, 11) is -3.67. The number of pyridine rings is 1. The van der Waals surface area contributed by atoms with E-state index in [1.165, 1.54) is 6.07 Å². The van der Waals surface area contributed by atoms with Gasteiger partial charge in [-0.1, -0.05) is 0 Å². The fourth-order valence-corrected chi connectivity index (χ4v) is 1.89. The van der Waals surface area contributed by atoms with Crippen LogP contribution in [0, 0.1) is 0 Å². The summed E-state index contributed by atoms with van der Waals surface area (Å²) < 4.78 is 22.2. The molecule has 0 aliphatic carbocycles. The van der Waals surface area contributed by atoms with E-state index in [0.717, 1.165) is 0 Å². The van der Waals surface area contributed by atoms with Gasteiger partial charge in [0.05, 0.1) is 5.69 Å². The van der Waals surface area contributed by atoms with Crippen molar-refractivity contribution >= 4 is 10.0 Å². The zero-order valence-electron chi connectivity index (χ0n) is 7.68. The van der Waals surface area contributed by atoms with E-state index in [1.54, 1.807) is 12.3 Å². The molecule has 0 unspecified atom stereocenters. The van der Waals surface area contributed by atoms with Crippen molar-refractivity contribution in [2.45, 2.75) is 17.7 Å². The summed E-state index contributed by atoms with van der Waals surface area (Å²) in [5, 5.41) is 5.03. The van der Waals surface area contributed by atoms with Gasteiger partial charge in [-0.3, -0.25) is 4.98 Å². The molecule has 0 aliphatic heterocycles. The van der Waals surface area contributed by atoms with Crippen molar-refractivity contribution in [2.75, 3.05) is 6.54 Å². The quantitative estimate of drug-likeness (QED) is 0.715. The average molecular weight is 215 g/mol. The lowest BCUT2D eigenvalue weighted by Crippen LogP contribution is -2.16. The normalized spacial score (nSPS) is 11.6. The Morgan fingerprint density at radius 2 is 2.14 bits per heavy atom. The SMILES string of the molecule is NCCCc1ncccc1S(N)(=O)=O. The largest absolute Gasteiger partial charge is 0.330 e. The van der Waals surface area contributed by atoms with Crippen LogP contribution in [0.5, 0.6) is 0 Å². The molecule has 1 rings (SSSR count). The van der Waals surface area contributed by atoms with E-state index in [0.29, 0.717) is 25.1 Å². The Bertz CT molecular complexity index is 403. The van der Waals surface area contributed by atoms with E-state index in [4.69, 9.17) is 10.9 Å². The number of aryl methyl sites for hydroxylation is 1. The lowest BCUT2D eigenvalue weighted by molar-refractivity contribution is 0.595. The first-order chi connectivity index (χ1) is 6.55. The fraction of sp³-hybridized carbons (Fsp3) is 0.375. The van der Waals surface area contributed by atoms with E-state index in [2.05, 4.69) is 4.98 Å². The maximum Gasteiger partial charge on any atom is 0.239 e. The number of nitrogens with two attached hydrogens (primary N) is 2. The van der Waals surface area contributed by atoms with Crippen molar-refractivity contribution in [2.24, 2.45) is 10.9 Å². The zero-order valence-corrected chi connectivity index (χ0v) is 8.50. The minimum absolute atomic E-state index is 0.0912. The van der Waals surface area contributed by atoms with Crippen LogP contribution in [0.3, 0.4) is 0 Å². The second-order valence-corrected chi connectivity index (χ2v) is 4.42. The van der Waals surface area contributed by atoms with Gasteiger partial charge >= 0.3 is 0 Å². The first-order valence-corrected chi connectivity index (χ1v) is 5.77. The number of sulfonamides is 1.